The van der Waals surface area contributed by atoms with Gasteiger partial charge >= 0.3 is 0 Å². The molecule has 1 aliphatic heterocycles. The van der Waals surface area contributed by atoms with E-state index in [1.165, 1.54) is 5.52 Å². The maximum atomic E-state index is 5.83. The van der Waals surface area contributed by atoms with E-state index in [1.54, 1.807) is 0 Å². The van der Waals surface area contributed by atoms with E-state index >= 15 is 0 Å². The van der Waals surface area contributed by atoms with Gasteiger partial charge in [-0.25, -0.2) is 4.98 Å². The molecular formula is C14H19N3O. The van der Waals surface area contributed by atoms with Gasteiger partial charge in [0, 0.05) is 19.6 Å². The first-order valence-corrected chi connectivity index (χ1v) is 6.67. The zero-order chi connectivity index (χ0) is 12.4. The summed E-state index contributed by atoms with van der Waals surface area (Å²) in [6.07, 6.45) is 1.19. The lowest BCUT2D eigenvalue weighted by atomic mass is 10.3. The summed E-state index contributed by atoms with van der Waals surface area (Å²) in [5.41, 5.74) is 2.28. The molecule has 1 aromatic heterocycles. The molecule has 3 rings (SSSR count). The smallest absolute Gasteiger partial charge is 0.140 e. The van der Waals surface area contributed by atoms with Crippen LogP contribution in [0.25, 0.3) is 11.0 Å². The van der Waals surface area contributed by atoms with Crippen LogP contribution < -0.4 is 5.32 Å². The number of imidazole rings is 1. The molecule has 1 saturated heterocycles. The predicted octanol–water partition coefficient (Wildman–Crippen LogP) is 2.11. The highest BCUT2D eigenvalue weighted by atomic mass is 16.5. The second-order valence-electron chi connectivity index (χ2n) is 4.67. The van der Waals surface area contributed by atoms with Gasteiger partial charge in [-0.1, -0.05) is 19.1 Å². The van der Waals surface area contributed by atoms with E-state index < -0.39 is 0 Å². The molecule has 1 atom stereocenters. The Hall–Kier alpha value is -1.39. The van der Waals surface area contributed by atoms with Crippen molar-refractivity contribution in [1.82, 2.24) is 14.9 Å². The topological polar surface area (TPSA) is 39.1 Å². The summed E-state index contributed by atoms with van der Waals surface area (Å²) < 4.78 is 8.13. The summed E-state index contributed by atoms with van der Waals surface area (Å²) in [6.45, 7) is 5.74. The first-order valence-electron chi connectivity index (χ1n) is 6.67. The van der Waals surface area contributed by atoms with E-state index in [0.29, 0.717) is 0 Å². The van der Waals surface area contributed by atoms with E-state index in [2.05, 4.69) is 35.0 Å². The van der Waals surface area contributed by atoms with Gasteiger partial charge < -0.3 is 14.6 Å². The molecule has 1 N–H and O–H groups in total. The Morgan fingerprint density at radius 1 is 1.44 bits per heavy atom. The van der Waals surface area contributed by atoms with Crippen LogP contribution in [0.3, 0.4) is 0 Å². The van der Waals surface area contributed by atoms with Crippen molar-refractivity contribution in [3.63, 3.8) is 0 Å². The summed E-state index contributed by atoms with van der Waals surface area (Å²) in [6, 6.07) is 8.31. The maximum absolute atomic E-state index is 5.83. The second kappa shape index (κ2) is 5.08. The summed E-state index contributed by atoms with van der Waals surface area (Å²) in [5.74, 6) is 1.06. The molecule has 0 saturated carbocycles. The number of aromatic nitrogens is 2. The van der Waals surface area contributed by atoms with Gasteiger partial charge in [0.05, 0.1) is 17.6 Å². The van der Waals surface area contributed by atoms with Crippen LogP contribution in [0.4, 0.5) is 0 Å². The molecule has 0 aliphatic carbocycles. The number of aryl methyl sites for hydroxylation is 1. The van der Waals surface area contributed by atoms with Gasteiger partial charge in [-0.3, -0.25) is 0 Å². The van der Waals surface area contributed by atoms with Crippen LogP contribution in [0.2, 0.25) is 0 Å². The number of rotatable bonds is 3. The fourth-order valence-electron chi connectivity index (χ4n) is 2.53. The molecule has 1 unspecified atom stereocenters. The molecule has 0 radical (unpaired) electrons. The molecule has 1 aromatic carbocycles. The number of nitrogens with one attached hydrogen (secondary N) is 1. The van der Waals surface area contributed by atoms with E-state index in [9.17, 15) is 0 Å². The van der Waals surface area contributed by atoms with Crippen molar-refractivity contribution in [1.29, 1.82) is 0 Å². The van der Waals surface area contributed by atoms with E-state index in [4.69, 9.17) is 9.72 Å². The van der Waals surface area contributed by atoms with Crippen LogP contribution in [-0.2, 0) is 11.3 Å². The molecule has 96 valence electrons. The number of benzene rings is 1. The normalized spacial score (nSPS) is 20.4. The minimum absolute atomic E-state index is 0.0812. The van der Waals surface area contributed by atoms with Crippen molar-refractivity contribution in [2.75, 3.05) is 19.7 Å². The van der Waals surface area contributed by atoms with Crippen molar-refractivity contribution in [2.45, 2.75) is 26.0 Å². The first kappa shape index (κ1) is 11.7. The Morgan fingerprint density at radius 2 is 2.33 bits per heavy atom. The van der Waals surface area contributed by atoms with Crippen LogP contribution in [-0.4, -0.2) is 29.2 Å². The Balaban J connectivity index is 2.05. The van der Waals surface area contributed by atoms with Gasteiger partial charge in [0.25, 0.3) is 0 Å². The van der Waals surface area contributed by atoms with Crippen molar-refractivity contribution < 1.29 is 4.74 Å². The van der Waals surface area contributed by atoms with Crippen molar-refractivity contribution in [3.8, 4) is 0 Å². The number of para-hydroxylation sites is 2. The maximum Gasteiger partial charge on any atom is 0.140 e. The average molecular weight is 245 g/mol. The third-order valence-electron chi connectivity index (χ3n) is 3.35. The minimum atomic E-state index is 0.0812. The fraction of sp³-hybridized carbons (Fsp3) is 0.500. The molecule has 18 heavy (non-hydrogen) atoms. The molecule has 0 bridgehead atoms. The van der Waals surface area contributed by atoms with Gasteiger partial charge in [-0.05, 0) is 18.6 Å². The van der Waals surface area contributed by atoms with Gasteiger partial charge in [0.1, 0.15) is 11.9 Å². The Labute approximate surface area is 107 Å². The molecule has 2 aromatic rings. The molecular weight excluding hydrogens is 226 g/mol. The summed E-state index contributed by atoms with van der Waals surface area (Å²) in [7, 11) is 0. The lowest BCUT2D eigenvalue weighted by molar-refractivity contribution is 0.0202. The van der Waals surface area contributed by atoms with Crippen molar-refractivity contribution >= 4 is 11.0 Å². The van der Waals surface area contributed by atoms with Crippen LogP contribution in [0.15, 0.2) is 24.3 Å². The molecule has 1 fully saturated rings. The number of hydrogen-bond acceptors (Lipinski definition) is 3. The Bertz CT molecular complexity index is 529. The Morgan fingerprint density at radius 3 is 3.11 bits per heavy atom. The third kappa shape index (κ3) is 2.02. The standard InChI is InChI=1S/C14H19N3O/c1-2-8-17-12-6-4-3-5-11(12)16-14(17)13-10-15-7-9-18-13/h3-6,13,15H,2,7-10H2,1H3. The van der Waals surface area contributed by atoms with Crippen LogP contribution in [0.5, 0.6) is 0 Å². The van der Waals surface area contributed by atoms with E-state index in [1.807, 2.05) is 6.07 Å². The number of nitrogens with zero attached hydrogens (tertiary/aromatic N) is 2. The van der Waals surface area contributed by atoms with Crippen LogP contribution in [0.1, 0.15) is 25.3 Å². The molecule has 1 aliphatic rings. The van der Waals surface area contributed by atoms with Crippen LogP contribution >= 0.6 is 0 Å². The summed E-state index contributed by atoms with van der Waals surface area (Å²) in [5, 5.41) is 3.37. The first-order chi connectivity index (χ1) is 8.90. The van der Waals surface area contributed by atoms with E-state index in [0.717, 1.165) is 44.0 Å². The minimum Gasteiger partial charge on any atom is -0.368 e. The van der Waals surface area contributed by atoms with Gasteiger partial charge in [-0.2, -0.15) is 0 Å². The number of hydrogen-bond donors (Lipinski definition) is 1. The SMILES string of the molecule is CCCn1c(C2CNCCO2)nc2ccccc21. The van der Waals surface area contributed by atoms with Gasteiger partial charge in [-0.15, -0.1) is 0 Å². The average Bonchev–Trinajstić information content (AvgIpc) is 2.80. The van der Waals surface area contributed by atoms with E-state index in [-0.39, 0.29) is 6.10 Å². The summed E-state index contributed by atoms with van der Waals surface area (Å²) in [4.78, 5) is 4.75. The number of morpholine rings is 1. The third-order valence-corrected chi connectivity index (χ3v) is 3.35. The quantitative estimate of drug-likeness (QED) is 0.900. The largest absolute Gasteiger partial charge is 0.368 e. The lowest BCUT2D eigenvalue weighted by Crippen LogP contribution is -2.34. The molecule has 2 heterocycles. The zero-order valence-corrected chi connectivity index (χ0v) is 10.7. The zero-order valence-electron chi connectivity index (χ0n) is 10.7. The highest BCUT2D eigenvalue weighted by Gasteiger charge is 2.22. The van der Waals surface area contributed by atoms with Crippen molar-refractivity contribution in [2.24, 2.45) is 0 Å². The number of fused-ring (bicyclic) bond motifs is 1. The molecule has 0 spiro atoms. The summed E-state index contributed by atoms with van der Waals surface area (Å²) >= 11 is 0. The second-order valence-corrected chi connectivity index (χ2v) is 4.67. The highest BCUT2D eigenvalue weighted by molar-refractivity contribution is 5.76. The number of ether oxygens (including phenoxy) is 1. The monoisotopic (exact) mass is 245 g/mol. The van der Waals surface area contributed by atoms with Crippen molar-refractivity contribution in [3.05, 3.63) is 30.1 Å². The van der Waals surface area contributed by atoms with Gasteiger partial charge in [0.15, 0.2) is 0 Å². The van der Waals surface area contributed by atoms with Gasteiger partial charge in [0.2, 0.25) is 0 Å². The van der Waals surface area contributed by atoms with Crippen LogP contribution in [0, 0.1) is 0 Å². The fourth-order valence-corrected chi connectivity index (χ4v) is 2.53. The molecule has 4 nitrogen and oxygen atoms in total. The lowest BCUT2D eigenvalue weighted by Gasteiger charge is -2.24. The highest BCUT2D eigenvalue weighted by Crippen LogP contribution is 2.24. The predicted molar refractivity (Wildman–Crippen MR) is 71.6 cm³/mol. The Kier molecular flexibility index (Phi) is 3.30. The molecule has 4 heteroatoms. The molecule has 0 amide bonds.